The van der Waals surface area contributed by atoms with Gasteiger partial charge in [0.1, 0.15) is 0 Å². The Labute approximate surface area is 115 Å². The number of unbranched alkanes of at least 4 members (excludes halogenated alkanes) is 3. The van der Waals surface area contributed by atoms with E-state index < -0.39 is 0 Å². The number of aliphatic hydroxyl groups is 1. The van der Waals surface area contributed by atoms with Gasteiger partial charge in [-0.2, -0.15) is 0 Å². The molecular weight excluding hydrogens is 238 g/mol. The molecule has 3 nitrogen and oxygen atoms in total. The highest BCUT2D eigenvalue weighted by molar-refractivity contribution is 5.94. The van der Waals surface area contributed by atoms with E-state index in [1.807, 2.05) is 18.2 Å². The van der Waals surface area contributed by atoms with E-state index in [2.05, 4.69) is 24.4 Å². The van der Waals surface area contributed by atoms with Crippen molar-refractivity contribution >= 4 is 12.0 Å². The van der Waals surface area contributed by atoms with Crippen molar-refractivity contribution in [2.45, 2.75) is 32.6 Å². The summed E-state index contributed by atoms with van der Waals surface area (Å²) in [6.07, 6.45) is 8.99. The average Bonchev–Trinajstić information content (AvgIpc) is 2.45. The van der Waals surface area contributed by atoms with Gasteiger partial charge in [-0.1, -0.05) is 44.1 Å². The third-order valence-electron chi connectivity index (χ3n) is 2.83. The van der Waals surface area contributed by atoms with Crippen molar-refractivity contribution in [3.05, 3.63) is 41.5 Å². The van der Waals surface area contributed by atoms with Crippen LogP contribution in [0.2, 0.25) is 0 Å². The third kappa shape index (κ3) is 6.20. The first-order valence-corrected chi connectivity index (χ1v) is 6.93. The van der Waals surface area contributed by atoms with Crippen LogP contribution in [0.25, 0.3) is 6.08 Å². The highest BCUT2D eigenvalue weighted by Gasteiger charge is 2.03. The summed E-state index contributed by atoms with van der Waals surface area (Å²) in [6.45, 7) is 2.44. The number of allylic oxidation sites excluding steroid dienone is 1. The molecular formula is C16H23NO2. The Morgan fingerprint density at radius 3 is 2.95 bits per heavy atom. The Kier molecular flexibility index (Phi) is 7.59. The van der Waals surface area contributed by atoms with Crippen LogP contribution in [-0.4, -0.2) is 24.2 Å². The lowest BCUT2D eigenvalue weighted by Gasteiger charge is -2.03. The summed E-state index contributed by atoms with van der Waals surface area (Å²) in [7, 11) is 0. The fourth-order valence-electron chi connectivity index (χ4n) is 1.79. The van der Waals surface area contributed by atoms with Gasteiger partial charge < -0.3 is 10.4 Å². The highest BCUT2D eigenvalue weighted by Crippen LogP contribution is 2.09. The van der Waals surface area contributed by atoms with Crippen LogP contribution < -0.4 is 5.32 Å². The van der Waals surface area contributed by atoms with E-state index in [0.717, 1.165) is 12.0 Å². The van der Waals surface area contributed by atoms with Crippen LogP contribution in [0.15, 0.2) is 30.3 Å². The van der Waals surface area contributed by atoms with Gasteiger partial charge in [0.2, 0.25) is 0 Å². The van der Waals surface area contributed by atoms with Gasteiger partial charge in [-0.3, -0.25) is 4.79 Å². The minimum Gasteiger partial charge on any atom is -0.395 e. The van der Waals surface area contributed by atoms with Gasteiger partial charge in [0.05, 0.1) is 6.61 Å². The smallest absolute Gasteiger partial charge is 0.251 e. The first-order valence-electron chi connectivity index (χ1n) is 6.93. The fraction of sp³-hybridized carbons (Fsp3) is 0.438. The van der Waals surface area contributed by atoms with Crippen molar-refractivity contribution in [1.29, 1.82) is 0 Å². The number of carbonyl (C=O) groups excluding carboxylic acids is 1. The summed E-state index contributed by atoms with van der Waals surface area (Å²) in [4.78, 5) is 11.7. The molecule has 1 aromatic rings. The van der Waals surface area contributed by atoms with Crippen LogP contribution in [-0.2, 0) is 0 Å². The summed E-state index contributed by atoms with van der Waals surface area (Å²) in [5.41, 5.74) is 1.66. The molecule has 0 aliphatic heterocycles. The van der Waals surface area contributed by atoms with Crippen molar-refractivity contribution in [2.75, 3.05) is 13.2 Å². The maximum absolute atomic E-state index is 11.7. The lowest BCUT2D eigenvalue weighted by molar-refractivity contribution is 0.0945. The minimum absolute atomic E-state index is 0.0389. The Morgan fingerprint density at radius 2 is 2.21 bits per heavy atom. The van der Waals surface area contributed by atoms with Gasteiger partial charge in [0.25, 0.3) is 5.91 Å². The van der Waals surface area contributed by atoms with E-state index in [4.69, 9.17) is 5.11 Å². The molecule has 0 fully saturated rings. The van der Waals surface area contributed by atoms with Crippen molar-refractivity contribution in [3.8, 4) is 0 Å². The molecule has 0 radical (unpaired) electrons. The second-order valence-electron chi connectivity index (χ2n) is 4.50. The van der Waals surface area contributed by atoms with Gasteiger partial charge in [-0.25, -0.2) is 0 Å². The Balaban J connectivity index is 2.54. The Hall–Kier alpha value is -1.61. The third-order valence-corrected chi connectivity index (χ3v) is 2.83. The molecule has 0 aliphatic rings. The second kappa shape index (κ2) is 9.34. The topological polar surface area (TPSA) is 49.3 Å². The normalized spacial score (nSPS) is 10.8. The zero-order chi connectivity index (χ0) is 13.9. The maximum atomic E-state index is 11.7. The zero-order valence-electron chi connectivity index (χ0n) is 11.6. The van der Waals surface area contributed by atoms with Crippen molar-refractivity contribution < 1.29 is 9.90 Å². The van der Waals surface area contributed by atoms with E-state index >= 15 is 0 Å². The van der Waals surface area contributed by atoms with Gasteiger partial charge >= 0.3 is 0 Å². The Morgan fingerprint density at radius 1 is 1.37 bits per heavy atom. The summed E-state index contributed by atoms with van der Waals surface area (Å²) in [5, 5.41) is 11.3. The van der Waals surface area contributed by atoms with Gasteiger partial charge in [-0.15, -0.1) is 0 Å². The van der Waals surface area contributed by atoms with E-state index in [1.54, 1.807) is 6.07 Å². The number of carbonyl (C=O) groups is 1. The number of nitrogens with one attached hydrogen (secondary N) is 1. The van der Waals surface area contributed by atoms with Crippen LogP contribution in [0.3, 0.4) is 0 Å². The monoisotopic (exact) mass is 261 g/mol. The van der Waals surface area contributed by atoms with E-state index in [1.165, 1.54) is 19.3 Å². The van der Waals surface area contributed by atoms with Crippen LogP contribution >= 0.6 is 0 Å². The first-order chi connectivity index (χ1) is 9.27. The fourth-order valence-corrected chi connectivity index (χ4v) is 1.79. The van der Waals surface area contributed by atoms with Gasteiger partial charge in [-0.05, 0) is 30.5 Å². The SMILES string of the molecule is CCCCC/C=C\c1cccc(C(=O)NCCO)c1. The van der Waals surface area contributed by atoms with E-state index in [-0.39, 0.29) is 19.1 Å². The number of benzene rings is 1. The number of amides is 1. The quantitative estimate of drug-likeness (QED) is 0.707. The van der Waals surface area contributed by atoms with Crippen molar-refractivity contribution in [2.24, 2.45) is 0 Å². The standard InChI is InChI=1S/C16H23NO2/c1-2-3-4-5-6-8-14-9-7-10-15(13-14)16(19)17-11-12-18/h6-10,13,18H,2-5,11-12H2,1H3,(H,17,19)/b8-6-. The molecule has 0 bridgehead atoms. The number of rotatable bonds is 8. The van der Waals surface area contributed by atoms with Crippen molar-refractivity contribution in [1.82, 2.24) is 5.32 Å². The minimum atomic E-state index is -0.143. The van der Waals surface area contributed by atoms with E-state index in [9.17, 15) is 4.79 Å². The molecule has 0 aliphatic carbocycles. The maximum Gasteiger partial charge on any atom is 0.251 e. The average molecular weight is 261 g/mol. The largest absolute Gasteiger partial charge is 0.395 e. The van der Waals surface area contributed by atoms with Crippen LogP contribution in [0.1, 0.15) is 48.5 Å². The number of aliphatic hydroxyl groups excluding tert-OH is 1. The number of hydrogen-bond acceptors (Lipinski definition) is 2. The summed E-state index contributed by atoms with van der Waals surface area (Å²) in [5.74, 6) is -0.143. The Bertz CT molecular complexity index is 413. The van der Waals surface area contributed by atoms with E-state index in [0.29, 0.717) is 5.56 Å². The van der Waals surface area contributed by atoms with Gasteiger partial charge in [0.15, 0.2) is 0 Å². The molecule has 104 valence electrons. The van der Waals surface area contributed by atoms with Crippen LogP contribution in [0.5, 0.6) is 0 Å². The van der Waals surface area contributed by atoms with Crippen molar-refractivity contribution in [3.63, 3.8) is 0 Å². The second-order valence-corrected chi connectivity index (χ2v) is 4.50. The zero-order valence-corrected chi connectivity index (χ0v) is 11.6. The molecule has 0 heterocycles. The predicted molar refractivity (Wildman–Crippen MR) is 79.0 cm³/mol. The molecule has 0 saturated heterocycles. The first kappa shape index (κ1) is 15.4. The molecule has 1 amide bonds. The summed E-state index contributed by atoms with van der Waals surface area (Å²) >= 11 is 0. The summed E-state index contributed by atoms with van der Waals surface area (Å²) in [6, 6.07) is 7.50. The van der Waals surface area contributed by atoms with Gasteiger partial charge in [0, 0.05) is 12.1 Å². The summed E-state index contributed by atoms with van der Waals surface area (Å²) < 4.78 is 0. The lowest BCUT2D eigenvalue weighted by atomic mass is 10.1. The molecule has 0 spiro atoms. The highest BCUT2D eigenvalue weighted by atomic mass is 16.3. The molecule has 0 unspecified atom stereocenters. The molecule has 19 heavy (non-hydrogen) atoms. The predicted octanol–water partition coefficient (Wildman–Crippen LogP) is 3.00. The van der Waals surface area contributed by atoms with Crippen LogP contribution in [0.4, 0.5) is 0 Å². The number of hydrogen-bond donors (Lipinski definition) is 2. The molecule has 1 aromatic carbocycles. The molecule has 1 rings (SSSR count). The molecule has 0 saturated carbocycles. The molecule has 3 heteroatoms. The molecule has 0 atom stereocenters. The lowest BCUT2D eigenvalue weighted by Crippen LogP contribution is -2.26. The molecule has 0 aromatic heterocycles. The molecule has 2 N–H and O–H groups in total. The van der Waals surface area contributed by atoms with Crippen LogP contribution in [0, 0.1) is 0 Å².